The molecule has 0 radical (unpaired) electrons. The average molecular weight is 282 g/mol. The molecule has 0 aliphatic heterocycles. The van der Waals surface area contributed by atoms with E-state index in [4.69, 9.17) is 10.5 Å². The van der Waals surface area contributed by atoms with Crippen molar-refractivity contribution in [2.75, 3.05) is 7.11 Å². The highest BCUT2D eigenvalue weighted by Crippen LogP contribution is 2.22. The number of hydrogen-bond donors (Lipinski definition) is 1. The summed E-state index contributed by atoms with van der Waals surface area (Å²) in [6, 6.07) is 3.41. The molecule has 0 aromatic carbocycles. The number of rotatable bonds is 2. The van der Waals surface area contributed by atoms with Crippen LogP contribution in [0.4, 0.5) is 0 Å². The molecule has 0 atom stereocenters. The summed E-state index contributed by atoms with van der Waals surface area (Å²) < 4.78 is 4.88. The van der Waals surface area contributed by atoms with Crippen LogP contribution in [0.1, 0.15) is 20.8 Å². The van der Waals surface area contributed by atoms with Crippen molar-refractivity contribution < 1.29 is 14.3 Å². The largest absolute Gasteiger partial charge is 0.467 e. The summed E-state index contributed by atoms with van der Waals surface area (Å²) in [4.78, 5) is 35.9. The Bertz CT molecular complexity index is 781. The molecular formula is C14H10N4O3. The van der Waals surface area contributed by atoms with Crippen LogP contribution in [0.3, 0.4) is 0 Å². The van der Waals surface area contributed by atoms with E-state index in [9.17, 15) is 9.59 Å². The highest BCUT2D eigenvalue weighted by atomic mass is 16.5. The summed E-state index contributed by atoms with van der Waals surface area (Å²) in [6.45, 7) is 0. The van der Waals surface area contributed by atoms with Crippen LogP contribution in [-0.4, -0.2) is 33.6 Å². The molecule has 0 spiro atoms. The molecular weight excluding hydrogens is 272 g/mol. The maximum absolute atomic E-state index is 12.0. The first-order valence-corrected chi connectivity index (χ1v) is 6.04. The second-order valence-electron chi connectivity index (χ2n) is 4.34. The summed E-state index contributed by atoms with van der Waals surface area (Å²) in [7, 11) is 1.46. The van der Waals surface area contributed by atoms with Crippen LogP contribution in [-0.2, 0) is 0 Å². The minimum Gasteiger partial charge on any atom is -0.467 e. The van der Waals surface area contributed by atoms with Gasteiger partial charge in [0.25, 0.3) is 0 Å². The monoisotopic (exact) mass is 282 g/mol. The number of aromatic nitrogens is 3. The molecule has 104 valence electrons. The minimum atomic E-state index is -0.458. The topological polar surface area (TPSA) is 108 Å². The standard InChI is InChI=1S/C14H10N4O3/c1-21-14-16-5-7(6-17-14)10-3-2-8-11(19)4-9(15)13(20)12(8)18-10/h2-6H,15H2,1H3. The molecule has 0 bridgehead atoms. The molecule has 2 aromatic rings. The number of carbonyl (C=O) groups is 2. The fourth-order valence-electron chi connectivity index (χ4n) is 1.97. The van der Waals surface area contributed by atoms with E-state index in [1.165, 1.54) is 19.5 Å². The van der Waals surface area contributed by atoms with Gasteiger partial charge in [-0.3, -0.25) is 9.59 Å². The molecule has 1 aliphatic rings. The molecule has 0 fully saturated rings. The lowest BCUT2D eigenvalue weighted by Gasteiger charge is -2.12. The van der Waals surface area contributed by atoms with Gasteiger partial charge >= 0.3 is 6.01 Å². The molecule has 21 heavy (non-hydrogen) atoms. The molecule has 2 heterocycles. The van der Waals surface area contributed by atoms with Crippen molar-refractivity contribution in [3.05, 3.63) is 47.6 Å². The summed E-state index contributed by atoms with van der Waals surface area (Å²) in [5.74, 6) is -0.784. The van der Waals surface area contributed by atoms with Gasteiger partial charge in [-0.2, -0.15) is 0 Å². The summed E-state index contributed by atoms with van der Waals surface area (Å²) in [5.41, 5.74) is 6.79. The number of Topliss-reactive ketones (excluding diaryl/α,β-unsaturated/α-hetero) is 1. The molecule has 1 aliphatic carbocycles. The maximum atomic E-state index is 12.0. The predicted molar refractivity (Wildman–Crippen MR) is 72.7 cm³/mol. The lowest BCUT2D eigenvalue weighted by atomic mass is 9.97. The number of nitrogens with two attached hydrogens (primary N) is 1. The fourth-order valence-corrected chi connectivity index (χ4v) is 1.97. The Labute approximate surface area is 119 Å². The van der Waals surface area contributed by atoms with Crippen molar-refractivity contribution in [2.45, 2.75) is 0 Å². The number of hydrogen-bond acceptors (Lipinski definition) is 7. The number of ketones is 2. The molecule has 3 rings (SSSR count). The van der Waals surface area contributed by atoms with E-state index < -0.39 is 5.78 Å². The van der Waals surface area contributed by atoms with Gasteiger partial charge in [0.05, 0.1) is 24.1 Å². The molecule has 0 saturated carbocycles. The van der Waals surface area contributed by atoms with Crippen molar-refractivity contribution in [3.63, 3.8) is 0 Å². The van der Waals surface area contributed by atoms with Crippen LogP contribution in [0.2, 0.25) is 0 Å². The second kappa shape index (κ2) is 4.78. The van der Waals surface area contributed by atoms with Crippen LogP contribution in [0.5, 0.6) is 6.01 Å². The summed E-state index contributed by atoms with van der Waals surface area (Å²) in [5, 5.41) is 0. The van der Waals surface area contributed by atoms with E-state index in [0.29, 0.717) is 11.3 Å². The zero-order valence-corrected chi connectivity index (χ0v) is 11.0. The van der Waals surface area contributed by atoms with E-state index in [-0.39, 0.29) is 28.7 Å². The maximum Gasteiger partial charge on any atom is 0.316 e. The number of methoxy groups -OCH3 is 1. The van der Waals surface area contributed by atoms with Gasteiger partial charge in [0.15, 0.2) is 5.78 Å². The van der Waals surface area contributed by atoms with Gasteiger partial charge in [0.1, 0.15) is 5.69 Å². The first-order valence-electron chi connectivity index (χ1n) is 6.04. The first kappa shape index (κ1) is 12.9. The SMILES string of the molecule is COc1ncc(-c2ccc3c(n2)C(=O)C(N)=CC3=O)cn1. The number of pyridine rings is 1. The first-order chi connectivity index (χ1) is 10.1. The minimum absolute atomic E-state index is 0.0494. The molecule has 0 amide bonds. The normalized spacial score (nSPS) is 13.7. The van der Waals surface area contributed by atoms with Crippen molar-refractivity contribution in [1.82, 2.24) is 15.0 Å². The number of nitrogens with zero attached hydrogens (tertiary/aromatic N) is 3. The van der Waals surface area contributed by atoms with Crippen molar-refractivity contribution in [2.24, 2.45) is 5.73 Å². The molecule has 7 heteroatoms. The number of allylic oxidation sites excluding steroid dienone is 2. The summed E-state index contributed by atoms with van der Waals surface area (Å²) >= 11 is 0. The third kappa shape index (κ3) is 2.14. The van der Waals surface area contributed by atoms with Crippen LogP contribution in [0, 0.1) is 0 Å². The van der Waals surface area contributed by atoms with Crippen LogP contribution < -0.4 is 10.5 Å². The van der Waals surface area contributed by atoms with Crippen LogP contribution >= 0.6 is 0 Å². The smallest absolute Gasteiger partial charge is 0.316 e. The Morgan fingerprint density at radius 3 is 2.52 bits per heavy atom. The molecule has 2 N–H and O–H groups in total. The van der Waals surface area contributed by atoms with Gasteiger partial charge in [-0.1, -0.05) is 0 Å². The van der Waals surface area contributed by atoms with Gasteiger partial charge in [-0.05, 0) is 12.1 Å². The predicted octanol–water partition coefficient (Wildman–Crippen LogP) is 0.769. The van der Waals surface area contributed by atoms with Gasteiger partial charge in [-0.15, -0.1) is 0 Å². The Kier molecular flexibility index (Phi) is 2.94. The van der Waals surface area contributed by atoms with E-state index in [2.05, 4.69) is 15.0 Å². The Morgan fingerprint density at radius 1 is 1.14 bits per heavy atom. The van der Waals surface area contributed by atoms with E-state index in [1.807, 2.05) is 0 Å². The van der Waals surface area contributed by atoms with Crippen molar-refractivity contribution in [3.8, 4) is 17.3 Å². The quantitative estimate of drug-likeness (QED) is 0.866. The van der Waals surface area contributed by atoms with Crippen LogP contribution in [0.25, 0.3) is 11.3 Å². The highest BCUT2D eigenvalue weighted by Gasteiger charge is 2.25. The highest BCUT2D eigenvalue weighted by molar-refractivity contribution is 6.23. The van der Waals surface area contributed by atoms with Crippen LogP contribution in [0.15, 0.2) is 36.3 Å². The Morgan fingerprint density at radius 2 is 1.86 bits per heavy atom. The molecule has 0 unspecified atom stereocenters. The van der Waals surface area contributed by atoms with E-state index in [0.717, 1.165) is 6.08 Å². The zero-order chi connectivity index (χ0) is 15.0. The third-order valence-corrected chi connectivity index (χ3v) is 3.03. The third-order valence-electron chi connectivity index (χ3n) is 3.03. The zero-order valence-electron chi connectivity index (χ0n) is 11.0. The molecule has 7 nitrogen and oxygen atoms in total. The molecule has 2 aromatic heterocycles. The van der Waals surface area contributed by atoms with Gasteiger partial charge < -0.3 is 10.5 Å². The number of fused-ring (bicyclic) bond motifs is 1. The van der Waals surface area contributed by atoms with Gasteiger partial charge in [-0.25, -0.2) is 15.0 Å². The Balaban J connectivity index is 2.07. The molecule has 0 saturated heterocycles. The van der Waals surface area contributed by atoms with Crippen molar-refractivity contribution in [1.29, 1.82) is 0 Å². The van der Waals surface area contributed by atoms with E-state index in [1.54, 1.807) is 12.1 Å². The lowest BCUT2D eigenvalue weighted by Crippen LogP contribution is -2.23. The number of ether oxygens (including phenoxy) is 1. The average Bonchev–Trinajstić information content (AvgIpc) is 2.52. The second-order valence-corrected chi connectivity index (χ2v) is 4.34. The van der Waals surface area contributed by atoms with Gasteiger partial charge in [0.2, 0.25) is 5.78 Å². The fraction of sp³-hybridized carbons (Fsp3) is 0.0714. The van der Waals surface area contributed by atoms with E-state index >= 15 is 0 Å². The Hall–Kier alpha value is -3.09. The van der Waals surface area contributed by atoms with Crippen molar-refractivity contribution >= 4 is 11.6 Å². The number of carbonyl (C=O) groups excluding carboxylic acids is 2. The van der Waals surface area contributed by atoms with Gasteiger partial charge in [0, 0.05) is 24.0 Å². The summed E-state index contributed by atoms with van der Waals surface area (Å²) in [6.07, 6.45) is 4.16. The lowest BCUT2D eigenvalue weighted by molar-refractivity contribution is 0.0979.